The van der Waals surface area contributed by atoms with E-state index in [0.717, 1.165) is 0 Å². The fourth-order valence-electron chi connectivity index (χ4n) is 1.10. The van der Waals surface area contributed by atoms with Crippen molar-refractivity contribution in [3.63, 3.8) is 0 Å². The third-order valence-electron chi connectivity index (χ3n) is 1.93. The molecule has 3 N–H and O–H groups in total. The van der Waals surface area contributed by atoms with E-state index in [1.807, 2.05) is 0 Å². The van der Waals surface area contributed by atoms with E-state index in [1.54, 1.807) is 0 Å². The molecule has 0 spiro atoms. The summed E-state index contributed by atoms with van der Waals surface area (Å²) in [6.07, 6.45) is -0.567. The van der Waals surface area contributed by atoms with E-state index in [4.69, 9.17) is 9.84 Å². The number of aliphatic hydroxyl groups excluding tert-OH is 1. The Kier molecular flexibility index (Phi) is 4.96. The molecule has 0 aliphatic rings. The number of carbonyl (C=O) groups is 2. The van der Waals surface area contributed by atoms with Crippen molar-refractivity contribution in [3.05, 3.63) is 29.8 Å². The molecule has 1 rings (SSSR count). The minimum atomic E-state index is -0.567. The van der Waals surface area contributed by atoms with Gasteiger partial charge in [0.1, 0.15) is 5.75 Å². The molecule has 0 fully saturated rings. The van der Waals surface area contributed by atoms with Crippen LogP contribution in [-0.2, 0) is 0 Å². The Labute approximate surface area is 98.6 Å². The minimum absolute atomic E-state index is 0.108. The van der Waals surface area contributed by atoms with Gasteiger partial charge >= 0.3 is 6.09 Å². The van der Waals surface area contributed by atoms with E-state index in [0.29, 0.717) is 11.3 Å². The van der Waals surface area contributed by atoms with Crippen molar-refractivity contribution in [3.8, 4) is 5.75 Å². The monoisotopic (exact) mass is 238 g/mol. The van der Waals surface area contributed by atoms with Crippen LogP contribution in [0, 0.1) is 0 Å². The van der Waals surface area contributed by atoms with E-state index in [2.05, 4.69) is 10.6 Å². The highest BCUT2D eigenvalue weighted by Gasteiger charge is 2.06. The van der Waals surface area contributed by atoms with Gasteiger partial charge in [-0.25, -0.2) is 4.79 Å². The number of hydrogen-bond acceptors (Lipinski definition) is 4. The largest absolute Gasteiger partial charge is 0.412 e. The molecule has 1 aromatic carbocycles. The summed E-state index contributed by atoms with van der Waals surface area (Å²) in [5.41, 5.74) is 0.433. The van der Waals surface area contributed by atoms with Gasteiger partial charge in [-0.1, -0.05) is 0 Å². The van der Waals surface area contributed by atoms with E-state index in [9.17, 15) is 9.59 Å². The zero-order chi connectivity index (χ0) is 12.7. The normalized spacial score (nSPS) is 9.53. The lowest BCUT2D eigenvalue weighted by Crippen LogP contribution is -2.26. The Bertz CT molecular complexity index is 389. The molecular formula is C11H14N2O4. The van der Waals surface area contributed by atoms with Crippen molar-refractivity contribution in [1.82, 2.24) is 10.6 Å². The Morgan fingerprint density at radius 2 is 1.94 bits per heavy atom. The smallest absolute Gasteiger partial charge is 0.410 e. The van der Waals surface area contributed by atoms with Crippen molar-refractivity contribution in [1.29, 1.82) is 0 Å². The Hall–Kier alpha value is -2.08. The molecule has 0 aliphatic carbocycles. The van der Waals surface area contributed by atoms with E-state index in [-0.39, 0.29) is 19.1 Å². The van der Waals surface area contributed by atoms with Crippen molar-refractivity contribution in [2.75, 3.05) is 20.2 Å². The lowest BCUT2D eigenvalue weighted by Gasteiger charge is -2.05. The van der Waals surface area contributed by atoms with E-state index in [1.165, 1.54) is 31.3 Å². The molecule has 2 amide bonds. The van der Waals surface area contributed by atoms with Gasteiger partial charge in [-0.3, -0.25) is 4.79 Å². The van der Waals surface area contributed by atoms with Gasteiger partial charge < -0.3 is 20.5 Å². The maximum absolute atomic E-state index is 11.5. The van der Waals surface area contributed by atoms with Crippen LogP contribution in [0.2, 0.25) is 0 Å². The molecule has 0 radical (unpaired) electrons. The molecule has 1 aromatic rings. The molecular weight excluding hydrogens is 224 g/mol. The lowest BCUT2D eigenvalue weighted by atomic mass is 10.2. The summed E-state index contributed by atoms with van der Waals surface area (Å²) in [7, 11) is 1.46. The first-order valence-electron chi connectivity index (χ1n) is 5.06. The topological polar surface area (TPSA) is 87.7 Å². The van der Waals surface area contributed by atoms with Crippen LogP contribution in [0.1, 0.15) is 10.4 Å². The quantitative estimate of drug-likeness (QED) is 0.695. The second kappa shape index (κ2) is 6.49. The van der Waals surface area contributed by atoms with Crippen LogP contribution < -0.4 is 15.4 Å². The van der Waals surface area contributed by atoms with Crippen molar-refractivity contribution in [2.24, 2.45) is 0 Å². The highest BCUT2D eigenvalue weighted by Crippen LogP contribution is 2.12. The first-order valence-corrected chi connectivity index (χ1v) is 5.06. The maximum Gasteiger partial charge on any atom is 0.412 e. The van der Waals surface area contributed by atoms with E-state index < -0.39 is 6.09 Å². The molecule has 0 saturated carbocycles. The molecule has 6 nitrogen and oxygen atoms in total. The summed E-state index contributed by atoms with van der Waals surface area (Å²) in [6.45, 7) is 0.0962. The first-order chi connectivity index (χ1) is 8.17. The number of amides is 2. The van der Waals surface area contributed by atoms with Gasteiger partial charge in [0.05, 0.1) is 6.61 Å². The molecule has 0 unspecified atom stereocenters. The summed E-state index contributed by atoms with van der Waals surface area (Å²) < 4.78 is 4.86. The lowest BCUT2D eigenvalue weighted by molar-refractivity contribution is 0.0945. The maximum atomic E-state index is 11.5. The van der Waals surface area contributed by atoms with Crippen LogP contribution >= 0.6 is 0 Å². The number of rotatable bonds is 4. The molecule has 0 bridgehead atoms. The second-order valence-corrected chi connectivity index (χ2v) is 3.14. The standard InChI is InChI=1S/C11H14N2O4/c1-12-11(16)17-9-4-2-8(3-5-9)10(15)13-6-7-14/h2-5,14H,6-7H2,1H3,(H,12,16)(H,13,15). The third kappa shape index (κ3) is 4.12. The van der Waals surface area contributed by atoms with Crippen molar-refractivity contribution < 1.29 is 19.4 Å². The summed E-state index contributed by atoms with van der Waals surface area (Å²) >= 11 is 0. The first kappa shape index (κ1) is 13.0. The number of benzene rings is 1. The number of carbonyl (C=O) groups excluding carboxylic acids is 2. The SMILES string of the molecule is CNC(=O)Oc1ccc(C(=O)NCCO)cc1. The second-order valence-electron chi connectivity index (χ2n) is 3.14. The average molecular weight is 238 g/mol. The van der Waals surface area contributed by atoms with Crippen LogP contribution in [0.25, 0.3) is 0 Å². The van der Waals surface area contributed by atoms with Gasteiger partial charge in [0, 0.05) is 19.2 Å². The third-order valence-corrected chi connectivity index (χ3v) is 1.93. The molecule has 0 heterocycles. The molecule has 6 heteroatoms. The van der Waals surface area contributed by atoms with Crippen molar-refractivity contribution >= 4 is 12.0 Å². The van der Waals surface area contributed by atoms with Crippen LogP contribution in [0.4, 0.5) is 4.79 Å². The van der Waals surface area contributed by atoms with Gasteiger partial charge in [-0.2, -0.15) is 0 Å². The fraction of sp³-hybridized carbons (Fsp3) is 0.273. The minimum Gasteiger partial charge on any atom is -0.410 e. The molecule has 0 aromatic heterocycles. The van der Waals surface area contributed by atoms with E-state index >= 15 is 0 Å². The van der Waals surface area contributed by atoms with Gasteiger partial charge in [0.15, 0.2) is 0 Å². The molecule has 17 heavy (non-hydrogen) atoms. The number of nitrogens with one attached hydrogen (secondary N) is 2. The fourth-order valence-corrected chi connectivity index (χ4v) is 1.10. The molecule has 0 atom stereocenters. The van der Waals surface area contributed by atoms with Gasteiger partial charge in [-0.15, -0.1) is 0 Å². The number of hydrogen-bond donors (Lipinski definition) is 3. The van der Waals surface area contributed by atoms with Gasteiger partial charge in [-0.05, 0) is 24.3 Å². The van der Waals surface area contributed by atoms with Crippen LogP contribution in [0.5, 0.6) is 5.75 Å². The summed E-state index contributed by atoms with van der Waals surface area (Å²) in [4.78, 5) is 22.4. The molecule has 0 aliphatic heterocycles. The van der Waals surface area contributed by atoms with Crippen LogP contribution in [0.3, 0.4) is 0 Å². The number of ether oxygens (including phenoxy) is 1. The molecule has 92 valence electrons. The number of aliphatic hydroxyl groups is 1. The zero-order valence-corrected chi connectivity index (χ0v) is 9.40. The van der Waals surface area contributed by atoms with Gasteiger partial charge in [0.25, 0.3) is 5.91 Å². The predicted octanol–water partition coefficient (Wildman–Crippen LogP) is 0.127. The molecule has 0 saturated heterocycles. The summed E-state index contributed by atoms with van der Waals surface area (Å²) in [5, 5.41) is 13.4. The van der Waals surface area contributed by atoms with Crippen LogP contribution in [0.15, 0.2) is 24.3 Å². The Morgan fingerprint density at radius 3 is 2.47 bits per heavy atom. The van der Waals surface area contributed by atoms with Crippen LogP contribution in [-0.4, -0.2) is 37.3 Å². The predicted molar refractivity (Wildman–Crippen MR) is 60.9 cm³/mol. The Morgan fingerprint density at radius 1 is 1.29 bits per heavy atom. The zero-order valence-electron chi connectivity index (χ0n) is 9.40. The highest BCUT2D eigenvalue weighted by molar-refractivity contribution is 5.94. The van der Waals surface area contributed by atoms with Crippen molar-refractivity contribution in [2.45, 2.75) is 0 Å². The average Bonchev–Trinajstić information content (AvgIpc) is 2.36. The van der Waals surface area contributed by atoms with Gasteiger partial charge in [0.2, 0.25) is 0 Å². The highest BCUT2D eigenvalue weighted by atomic mass is 16.5. The summed E-state index contributed by atoms with van der Waals surface area (Å²) in [5.74, 6) is 0.0635. The summed E-state index contributed by atoms with van der Waals surface area (Å²) in [6, 6.07) is 6.10. The Balaban J connectivity index is 2.61.